The molecule has 0 amide bonds. The maximum Gasteiger partial charge on any atom is 0.229 e. The smallest absolute Gasteiger partial charge is 0.229 e. The van der Waals surface area contributed by atoms with Crippen LogP contribution >= 0.6 is 11.6 Å². The molecule has 0 bridgehead atoms. The number of likely N-dealkylation sites (tertiary alicyclic amines) is 1. The summed E-state index contributed by atoms with van der Waals surface area (Å²) in [5.74, 6) is -0.571. The normalized spacial score (nSPS) is 15.9. The Hall–Kier alpha value is -3.08. The number of carbonyl (C=O) groups excluding carboxylic acids is 1. The average molecular weight is 534 g/mol. The van der Waals surface area contributed by atoms with Gasteiger partial charge >= 0.3 is 0 Å². The van der Waals surface area contributed by atoms with Gasteiger partial charge in [0.25, 0.3) is 0 Å². The van der Waals surface area contributed by atoms with Gasteiger partial charge in [0.15, 0.2) is 21.4 Å². The minimum atomic E-state index is -3.55. The van der Waals surface area contributed by atoms with Gasteiger partial charge < -0.3 is 14.3 Å². The predicted molar refractivity (Wildman–Crippen MR) is 132 cm³/mol. The Morgan fingerprint density at radius 3 is 2.50 bits per heavy atom. The summed E-state index contributed by atoms with van der Waals surface area (Å²) >= 11 is 6.09. The lowest BCUT2D eigenvalue weighted by Crippen LogP contribution is -2.41. The Morgan fingerprint density at radius 2 is 1.86 bits per heavy atom. The van der Waals surface area contributed by atoms with Crippen molar-refractivity contribution in [3.05, 3.63) is 70.8 Å². The van der Waals surface area contributed by atoms with Crippen molar-refractivity contribution in [3.63, 3.8) is 0 Å². The van der Waals surface area contributed by atoms with Crippen LogP contribution in [0.2, 0.25) is 5.02 Å². The summed E-state index contributed by atoms with van der Waals surface area (Å²) in [6.45, 7) is 2.99. The van der Waals surface area contributed by atoms with Crippen LogP contribution in [0.4, 0.5) is 4.39 Å². The minimum Gasteiger partial charge on any atom is -0.474 e. The summed E-state index contributed by atoms with van der Waals surface area (Å²) in [6, 6.07) is 10.3. The number of halogens is 2. The van der Waals surface area contributed by atoms with Crippen LogP contribution in [-0.4, -0.2) is 55.0 Å². The molecule has 36 heavy (non-hydrogen) atoms. The Kier molecular flexibility index (Phi) is 7.87. The van der Waals surface area contributed by atoms with Gasteiger partial charge in [0, 0.05) is 24.4 Å². The highest BCUT2D eigenvalue weighted by atomic mass is 35.5. The zero-order valence-electron chi connectivity index (χ0n) is 19.7. The number of sulfone groups is 1. The number of benzene rings is 2. The second-order valence-electron chi connectivity index (χ2n) is 8.56. The first-order valence-corrected chi connectivity index (χ1v) is 13.5. The molecule has 2 aromatic carbocycles. The van der Waals surface area contributed by atoms with E-state index in [1.807, 2.05) is 12.1 Å². The van der Waals surface area contributed by atoms with E-state index in [2.05, 4.69) is 14.9 Å². The number of hydrogen-bond acceptors (Lipinski definition) is 8. The fourth-order valence-corrected chi connectivity index (χ4v) is 4.87. The van der Waals surface area contributed by atoms with E-state index in [-0.39, 0.29) is 28.7 Å². The third-order valence-corrected chi connectivity index (χ3v) is 7.34. The Morgan fingerprint density at radius 1 is 1.14 bits per heavy atom. The largest absolute Gasteiger partial charge is 0.474 e. The molecular weight excluding hydrogens is 509 g/mol. The first-order chi connectivity index (χ1) is 17.2. The minimum absolute atomic E-state index is 0.102. The van der Waals surface area contributed by atoms with Gasteiger partial charge in [0.2, 0.25) is 11.8 Å². The zero-order chi connectivity index (χ0) is 25.9. The number of aromatic nitrogens is 2. The SMILES string of the molecule is Cc1c(Oc2ccc(S(C)(=O)=O)cc2F)ncnc1OC1CCN(C(C=O)c2cccc(Cl)c2)CC1. The van der Waals surface area contributed by atoms with Crippen LogP contribution in [0, 0.1) is 12.7 Å². The van der Waals surface area contributed by atoms with Crippen LogP contribution in [-0.2, 0) is 14.6 Å². The van der Waals surface area contributed by atoms with E-state index in [1.54, 1.807) is 19.1 Å². The molecule has 0 spiro atoms. The van der Waals surface area contributed by atoms with Crippen molar-refractivity contribution in [2.24, 2.45) is 0 Å². The second kappa shape index (κ2) is 10.9. The molecule has 1 atom stereocenters. The third kappa shape index (κ3) is 6.00. The average Bonchev–Trinajstić information content (AvgIpc) is 2.84. The van der Waals surface area contributed by atoms with Gasteiger partial charge in [0.1, 0.15) is 18.7 Å². The topological polar surface area (TPSA) is 98.7 Å². The van der Waals surface area contributed by atoms with Crippen molar-refractivity contribution < 1.29 is 27.1 Å². The molecule has 11 heteroatoms. The number of rotatable bonds is 8. The van der Waals surface area contributed by atoms with Gasteiger partial charge in [-0.25, -0.2) is 22.8 Å². The van der Waals surface area contributed by atoms with Gasteiger partial charge in [-0.05, 0) is 55.7 Å². The fraction of sp³-hybridized carbons (Fsp3) is 0.320. The molecule has 1 unspecified atom stereocenters. The van der Waals surface area contributed by atoms with Gasteiger partial charge in [-0.3, -0.25) is 4.90 Å². The fourth-order valence-electron chi connectivity index (χ4n) is 4.04. The highest BCUT2D eigenvalue weighted by Crippen LogP contribution is 2.32. The summed E-state index contributed by atoms with van der Waals surface area (Å²) in [7, 11) is -3.55. The molecule has 1 saturated heterocycles. The van der Waals surface area contributed by atoms with Crippen LogP contribution in [0.25, 0.3) is 0 Å². The highest BCUT2D eigenvalue weighted by molar-refractivity contribution is 7.90. The van der Waals surface area contributed by atoms with Crippen LogP contribution in [0.3, 0.4) is 0 Å². The molecule has 1 aromatic heterocycles. The molecule has 1 fully saturated rings. The van der Waals surface area contributed by atoms with E-state index in [0.29, 0.717) is 42.4 Å². The van der Waals surface area contributed by atoms with Gasteiger partial charge in [-0.15, -0.1) is 0 Å². The first-order valence-electron chi connectivity index (χ1n) is 11.3. The summed E-state index contributed by atoms with van der Waals surface area (Å²) in [5.41, 5.74) is 1.33. The number of carbonyl (C=O) groups is 1. The number of nitrogens with zero attached hydrogens (tertiary/aromatic N) is 3. The van der Waals surface area contributed by atoms with Crippen molar-refractivity contribution in [3.8, 4) is 17.5 Å². The van der Waals surface area contributed by atoms with Crippen LogP contribution in [0.1, 0.15) is 30.0 Å². The van der Waals surface area contributed by atoms with E-state index in [4.69, 9.17) is 21.1 Å². The molecule has 3 aromatic rings. The summed E-state index contributed by atoms with van der Waals surface area (Å²) in [4.78, 5) is 22.0. The van der Waals surface area contributed by atoms with Crippen LogP contribution in [0.15, 0.2) is 53.7 Å². The van der Waals surface area contributed by atoms with Gasteiger partial charge in [-0.2, -0.15) is 0 Å². The standard InChI is InChI=1S/C25H25ClFN3O5S/c1-16-24(28-15-29-25(16)35-23-7-6-20(13-21(23)27)36(2,32)33)34-19-8-10-30(11-9-19)22(14-31)17-4-3-5-18(26)12-17/h3-7,12-15,19,22H,8-11H2,1-2H3. The highest BCUT2D eigenvalue weighted by Gasteiger charge is 2.28. The Balaban J connectivity index is 1.41. The Bertz CT molecular complexity index is 1360. The zero-order valence-corrected chi connectivity index (χ0v) is 21.3. The van der Waals surface area contributed by atoms with Crippen molar-refractivity contribution in [2.45, 2.75) is 36.8 Å². The molecule has 190 valence electrons. The summed E-state index contributed by atoms with van der Waals surface area (Å²) < 4.78 is 49.4. The maximum atomic E-state index is 14.4. The molecule has 0 N–H and O–H groups in total. The quantitative estimate of drug-likeness (QED) is 0.389. The third-order valence-electron chi connectivity index (χ3n) is 6.00. The maximum absolute atomic E-state index is 14.4. The molecule has 0 saturated carbocycles. The van der Waals surface area contributed by atoms with Crippen molar-refractivity contribution in [1.29, 1.82) is 0 Å². The van der Waals surface area contributed by atoms with E-state index in [9.17, 15) is 17.6 Å². The lowest BCUT2D eigenvalue weighted by molar-refractivity contribution is -0.113. The molecule has 4 rings (SSSR count). The lowest BCUT2D eigenvalue weighted by Gasteiger charge is -2.35. The molecular formula is C25H25ClFN3O5S. The first kappa shape index (κ1) is 26.0. The molecule has 2 heterocycles. The van der Waals surface area contributed by atoms with E-state index in [0.717, 1.165) is 24.2 Å². The summed E-state index contributed by atoms with van der Waals surface area (Å²) in [5, 5.41) is 0.584. The van der Waals surface area contributed by atoms with Crippen molar-refractivity contribution in [2.75, 3.05) is 19.3 Å². The predicted octanol–water partition coefficient (Wildman–Crippen LogP) is 4.56. The lowest BCUT2D eigenvalue weighted by atomic mass is 10.0. The number of hydrogen-bond donors (Lipinski definition) is 0. The molecule has 8 nitrogen and oxygen atoms in total. The van der Waals surface area contributed by atoms with Crippen LogP contribution in [0.5, 0.6) is 17.5 Å². The van der Waals surface area contributed by atoms with Crippen molar-refractivity contribution in [1.82, 2.24) is 14.9 Å². The van der Waals surface area contributed by atoms with E-state index >= 15 is 0 Å². The molecule has 1 aliphatic heterocycles. The second-order valence-corrected chi connectivity index (χ2v) is 11.0. The summed E-state index contributed by atoms with van der Waals surface area (Å²) in [6.07, 6.45) is 4.39. The van der Waals surface area contributed by atoms with E-state index in [1.165, 1.54) is 18.5 Å². The molecule has 1 aliphatic rings. The van der Waals surface area contributed by atoms with Gasteiger partial charge in [0.05, 0.1) is 16.5 Å². The van der Waals surface area contributed by atoms with E-state index < -0.39 is 15.7 Å². The van der Waals surface area contributed by atoms with Crippen LogP contribution < -0.4 is 9.47 Å². The molecule has 0 aliphatic carbocycles. The van der Waals surface area contributed by atoms with Crippen molar-refractivity contribution >= 4 is 27.7 Å². The number of ether oxygens (including phenoxy) is 2. The number of piperidine rings is 1. The Labute approximate surface area is 214 Å². The monoisotopic (exact) mass is 533 g/mol. The van der Waals surface area contributed by atoms with Gasteiger partial charge in [-0.1, -0.05) is 23.7 Å². The molecule has 0 radical (unpaired) electrons. The number of aldehydes is 1.